The molecule has 0 amide bonds. The van der Waals surface area contributed by atoms with Crippen molar-refractivity contribution in [2.24, 2.45) is 0 Å². The number of aromatic nitrogens is 6. The van der Waals surface area contributed by atoms with E-state index in [0.717, 1.165) is 11.4 Å². The molecule has 0 aliphatic carbocycles. The van der Waals surface area contributed by atoms with Gasteiger partial charge >= 0.3 is 0 Å². The van der Waals surface area contributed by atoms with Gasteiger partial charge in [-0.05, 0) is 53.7 Å². The van der Waals surface area contributed by atoms with Gasteiger partial charge in [-0.2, -0.15) is 4.68 Å². The predicted molar refractivity (Wildman–Crippen MR) is 96.6 cm³/mol. The minimum absolute atomic E-state index is 0.109. The lowest BCUT2D eigenvalue weighted by Crippen LogP contribution is -2.17. The van der Waals surface area contributed by atoms with Crippen molar-refractivity contribution in [1.82, 2.24) is 29.6 Å². The number of rotatable bonds is 4. The third-order valence-electron chi connectivity index (χ3n) is 3.82. The highest BCUT2D eigenvalue weighted by atomic mass is 32.2. The summed E-state index contributed by atoms with van der Waals surface area (Å²) in [5.74, 6) is 0.630. The molecule has 8 nitrogen and oxygen atoms in total. The predicted octanol–water partition coefficient (Wildman–Crippen LogP) is 1.98. The number of aryl methyl sites for hydroxylation is 1. The average Bonchev–Trinajstić information content (AvgIpc) is 3.09. The van der Waals surface area contributed by atoms with Crippen LogP contribution in [0.5, 0.6) is 5.75 Å². The zero-order chi connectivity index (χ0) is 18.1. The second-order valence-electron chi connectivity index (χ2n) is 5.62. The largest absolute Gasteiger partial charge is 0.508 e. The maximum atomic E-state index is 12.3. The summed E-state index contributed by atoms with van der Waals surface area (Å²) in [4.78, 5) is 16.9. The Kier molecular flexibility index (Phi) is 4.13. The summed E-state index contributed by atoms with van der Waals surface area (Å²) in [6.45, 7) is 1.87. The highest BCUT2D eigenvalue weighted by Gasteiger charge is 2.11. The number of hydrogen-bond acceptors (Lipinski definition) is 7. The standard InChI is InChI=1S/C17H14N6O2S/c1-11-3-2-4-15-18-12(9-16(25)22(11)15)10-26-17-19-20-21-23(17)13-5-7-14(24)8-6-13/h2-9,24H,10H2,1H3. The van der Waals surface area contributed by atoms with Crippen LogP contribution in [-0.4, -0.2) is 34.7 Å². The fraction of sp³-hybridized carbons (Fsp3) is 0.118. The molecule has 0 bridgehead atoms. The van der Waals surface area contributed by atoms with Gasteiger partial charge in [0.15, 0.2) is 0 Å². The lowest BCUT2D eigenvalue weighted by molar-refractivity contribution is 0.475. The first-order valence-corrected chi connectivity index (χ1v) is 8.79. The first-order valence-electron chi connectivity index (χ1n) is 7.81. The van der Waals surface area contributed by atoms with Crippen molar-refractivity contribution in [1.29, 1.82) is 0 Å². The van der Waals surface area contributed by atoms with Crippen molar-refractivity contribution in [3.63, 3.8) is 0 Å². The molecule has 3 aromatic heterocycles. The van der Waals surface area contributed by atoms with Crippen LogP contribution in [0.3, 0.4) is 0 Å². The molecular formula is C17H14N6O2S. The molecule has 1 aromatic carbocycles. The molecule has 0 atom stereocenters. The molecule has 0 aliphatic heterocycles. The summed E-state index contributed by atoms with van der Waals surface area (Å²) < 4.78 is 3.15. The van der Waals surface area contributed by atoms with Gasteiger partial charge in [0.2, 0.25) is 5.16 Å². The van der Waals surface area contributed by atoms with Gasteiger partial charge in [0.1, 0.15) is 11.4 Å². The van der Waals surface area contributed by atoms with Crippen molar-refractivity contribution in [3.8, 4) is 11.4 Å². The highest BCUT2D eigenvalue weighted by Crippen LogP contribution is 2.22. The zero-order valence-corrected chi connectivity index (χ0v) is 14.6. The number of fused-ring (bicyclic) bond motifs is 1. The van der Waals surface area contributed by atoms with Crippen molar-refractivity contribution < 1.29 is 5.11 Å². The number of phenols is 1. The number of tetrazole rings is 1. The van der Waals surface area contributed by atoms with Crippen LogP contribution in [0.25, 0.3) is 11.3 Å². The SMILES string of the molecule is Cc1cccc2nc(CSc3nnnn3-c3ccc(O)cc3)cc(=O)n12. The summed E-state index contributed by atoms with van der Waals surface area (Å²) in [6.07, 6.45) is 0. The van der Waals surface area contributed by atoms with E-state index in [1.54, 1.807) is 33.3 Å². The van der Waals surface area contributed by atoms with E-state index in [0.29, 0.717) is 22.3 Å². The number of nitrogens with zero attached hydrogens (tertiary/aromatic N) is 6. The number of benzene rings is 1. The van der Waals surface area contributed by atoms with Crippen molar-refractivity contribution in [2.45, 2.75) is 17.8 Å². The minimum atomic E-state index is -0.109. The minimum Gasteiger partial charge on any atom is -0.508 e. The molecule has 130 valence electrons. The van der Waals surface area contributed by atoms with Crippen LogP contribution >= 0.6 is 11.8 Å². The zero-order valence-electron chi connectivity index (χ0n) is 13.8. The van der Waals surface area contributed by atoms with Crippen LogP contribution in [0.1, 0.15) is 11.4 Å². The lowest BCUT2D eigenvalue weighted by Gasteiger charge is -2.07. The monoisotopic (exact) mass is 366 g/mol. The van der Waals surface area contributed by atoms with Gasteiger partial charge in [-0.3, -0.25) is 9.20 Å². The number of aromatic hydroxyl groups is 1. The number of thioether (sulfide) groups is 1. The van der Waals surface area contributed by atoms with Gasteiger partial charge in [-0.25, -0.2) is 4.98 Å². The van der Waals surface area contributed by atoms with Crippen molar-refractivity contribution in [2.75, 3.05) is 0 Å². The van der Waals surface area contributed by atoms with Gasteiger partial charge in [-0.15, -0.1) is 5.10 Å². The van der Waals surface area contributed by atoms with Crippen molar-refractivity contribution >= 4 is 17.4 Å². The molecule has 0 radical (unpaired) electrons. The van der Waals surface area contributed by atoms with E-state index >= 15 is 0 Å². The Morgan fingerprint density at radius 3 is 2.77 bits per heavy atom. The first kappa shape index (κ1) is 16.3. The average molecular weight is 366 g/mol. The third kappa shape index (κ3) is 3.04. The van der Waals surface area contributed by atoms with E-state index < -0.39 is 0 Å². The quantitative estimate of drug-likeness (QED) is 0.551. The summed E-state index contributed by atoms with van der Waals surface area (Å²) in [6, 6.07) is 13.7. The Hall–Kier alpha value is -3.20. The van der Waals surface area contributed by atoms with Crippen LogP contribution in [-0.2, 0) is 5.75 Å². The van der Waals surface area contributed by atoms with Gasteiger partial charge in [0.05, 0.1) is 11.4 Å². The van der Waals surface area contributed by atoms with Gasteiger partial charge in [0.25, 0.3) is 5.56 Å². The molecule has 0 aliphatic rings. The summed E-state index contributed by atoms with van der Waals surface area (Å²) in [5.41, 5.74) is 2.74. The number of phenolic OH excluding ortho intramolecular Hbond substituents is 1. The van der Waals surface area contributed by atoms with Crippen LogP contribution in [0.4, 0.5) is 0 Å². The number of pyridine rings is 1. The maximum Gasteiger partial charge on any atom is 0.258 e. The Balaban J connectivity index is 1.61. The molecule has 9 heteroatoms. The Labute approximate surface area is 152 Å². The maximum absolute atomic E-state index is 12.3. The number of hydrogen-bond donors (Lipinski definition) is 1. The Morgan fingerprint density at radius 2 is 1.96 bits per heavy atom. The van der Waals surface area contributed by atoms with Crippen LogP contribution in [0.15, 0.2) is 58.5 Å². The summed E-state index contributed by atoms with van der Waals surface area (Å²) >= 11 is 1.38. The lowest BCUT2D eigenvalue weighted by atomic mass is 10.3. The molecule has 4 aromatic rings. The molecule has 4 rings (SSSR count). The first-order chi connectivity index (χ1) is 12.6. The molecular weight excluding hydrogens is 352 g/mol. The Morgan fingerprint density at radius 1 is 1.15 bits per heavy atom. The molecule has 1 N–H and O–H groups in total. The smallest absolute Gasteiger partial charge is 0.258 e. The Bertz CT molecular complexity index is 1140. The van der Waals surface area contributed by atoms with Gasteiger partial charge in [-0.1, -0.05) is 17.8 Å². The molecule has 0 saturated carbocycles. The topological polar surface area (TPSA) is 98.2 Å². The van der Waals surface area contributed by atoms with E-state index in [9.17, 15) is 9.90 Å². The molecule has 0 saturated heterocycles. The molecule has 0 unspecified atom stereocenters. The fourth-order valence-corrected chi connectivity index (χ4v) is 3.38. The third-order valence-corrected chi connectivity index (χ3v) is 4.77. The molecule has 0 spiro atoms. The summed E-state index contributed by atoms with van der Waals surface area (Å²) in [7, 11) is 0. The summed E-state index contributed by atoms with van der Waals surface area (Å²) in [5, 5.41) is 21.7. The fourth-order valence-electron chi connectivity index (χ4n) is 2.60. The van der Waals surface area contributed by atoms with Crippen LogP contribution in [0.2, 0.25) is 0 Å². The second-order valence-corrected chi connectivity index (χ2v) is 6.57. The van der Waals surface area contributed by atoms with Crippen molar-refractivity contribution in [3.05, 3.63) is 70.3 Å². The molecule has 26 heavy (non-hydrogen) atoms. The van der Waals surface area contributed by atoms with E-state index in [1.807, 2.05) is 25.1 Å². The van der Waals surface area contributed by atoms with E-state index in [-0.39, 0.29) is 11.3 Å². The van der Waals surface area contributed by atoms with Gasteiger partial charge < -0.3 is 5.11 Å². The molecule has 3 heterocycles. The highest BCUT2D eigenvalue weighted by molar-refractivity contribution is 7.98. The van der Waals surface area contributed by atoms with E-state index in [2.05, 4.69) is 20.5 Å². The normalized spacial score (nSPS) is 11.1. The second kappa shape index (κ2) is 6.60. The molecule has 0 fully saturated rings. The van der Waals surface area contributed by atoms with E-state index in [4.69, 9.17) is 0 Å². The van der Waals surface area contributed by atoms with Crippen LogP contribution in [0, 0.1) is 6.92 Å². The van der Waals surface area contributed by atoms with E-state index in [1.165, 1.54) is 17.8 Å². The van der Waals surface area contributed by atoms with Gasteiger partial charge in [0, 0.05) is 17.5 Å². The van der Waals surface area contributed by atoms with Crippen LogP contribution < -0.4 is 5.56 Å².